The van der Waals surface area contributed by atoms with E-state index in [1.165, 1.54) is 31.2 Å². The van der Waals surface area contributed by atoms with Gasteiger partial charge in [0.25, 0.3) is 5.91 Å². The van der Waals surface area contributed by atoms with Crippen LogP contribution in [0.2, 0.25) is 5.02 Å². The highest BCUT2D eigenvalue weighted by Gasteiger charge is 2.30. The van der Waals surface area contributed by atoms with Crippen LogP contribution in [0.1, 0.15) is 18.9 Å². The Morgan fingerprint density at radius 2 is 2.16 bits per heavy atom. The molecule has 1 fully saturated rings. The van der Waals surface area contributed by atoms with Gasteiger partial charge in [-0.25, -0.2) is 17.6 Å². The predicted molar refractivity (Wildman–Crippen MR) is 91.2 cm³/mol. The highest BCUT2D eigenvalue weighted by Crippen LogP contribution is 2.17. The van der Waals surface area contributed by atoms with E-state index in [9.17, 15) is 22.4 Å². The van der Waals surface area contributed by atoms with Crippen LogP contribution in [0.25, 0.3) is 6.08 Å². The molecule has 136 valence electrons. The van der Waals surface area contributed by atoms with Crippen LogP contribution >= 0.6 is 11.6 Å². The van der Waals surface area contributed by atoms with Crippen molar-refractivity contribution in [3.63, 3.8) is 0 Å². The Morgan fingerprint density at radius 3 is 2.76 bits per heavy atom. The summed E-state index contributed by atoms with van der Waals surface area (Å²) in [6.45, 7) is 1.39. The first-order valence-corrected chi connectivity index (χ1v) is 9.71. The maximum Gasteiger partial charge on any atom is 0.331 e. The summed E-state index contributed by atoms with van der Waals surface area (Å²) >= 11 is 5.64. The molecule has 0 unspecified atom stereocenters. The van der Waals surface area contributed by atoms with Crippen molar-refractivity contribution in [1.82, 2.24) is 5.32 Å². The van der Waals surface area contributed by atoms with E-state index in [-0.39, 0.29) is 16.5 Å². The molecule has 1 aromatic carbocycles. The van der Waals surface area contributed by atoms with Crippen molar-refractivity contribution in [3.05, 3.63) is 40.7 Å². The third kappa shape index (κ3) is 5.82. The van der Waals surface area contributed by atoms with Crippen molar-refractivity contribution >= 4 is 39.4 Å². The summed E-state index contributed by atoms with van der Waals surface area (Å²) < 4.78 is 40.7. The molecule has 1 aliphatic rings. The summed E-state index contributed by atoms with van der Waals surface area (Å²) in [4.78, 5) is 23.7. The van der Waals surface area contributed by atoms with Crippen LogP contribution in [0.15, 0.2) is 24.3 Å². The fourth-order valence-corrected chi connectivity index (χ4v) is 4.14. The molecule has 1 saturated heterocycles. The second-order valence-electron chi connectivity index (χ2n) is 5.69. The molecule has 0 aliphatic carbocycles. The first-order valence-electron chi connectivity index (χ1n) is 7.51. The highest BCUT2D eigenvalue weighted by atomic mass is 35.5. The molecule has 1 amide bonds. The largest absolute Gasteiger partial charge is 0.449 e. The van der Waals surface area contributed by atoms with Crippen LogP contribution in [0.3, 0.4) is 0 Å². The van der Waals surface area contributed by atoms with Gasteiger partial charge < -0.3 is 10.1 Å². The zero-order chi connectivity index (χ0) is 18.6. The fourth-order valence-electron chi connectivity index (χ4n) is 2.27. The molecule has 0 bridgehead atoms. The lowest BCUT2D eigenvalue weighted by molar-refractivity contribution is -0.150. The third-order valence-electron chi connectivity index (χ3n) is 3.60. The van der Waals surface area contributed by atoms with Gasteiger partial charge in [-0.3, -0.25) is 4.79 Å². The van der Waals surface area contributed by atoms with E-state index >= 15 is 0 Å². The number of ether oxygens (including phenoxy) is 1. The standard InChI is InChI=1S/C16H17ClFNO5S/c1-10(16(21)19-12-6-7-25(22,23)9-12)24-15(20)5-3-11-2-4-14(18)13(17)8-11/h2-5,8,10,12H,6-7,9H2,1H3,(H,19,21)/b5-3+/t10-,12-/m0/s1. The molecule has 1 aromatic rings. The van der Waals surface area contributed by atoms with E-state index in [0.717, 1.165) is 6.08 Å². The number of benzene rings is 1. The SMILES string of the molecule is C[C@H](OC(=O)/C=C/c1ccc(F)c(Cl)c1)C(=O)N[C@H]1CCS(=O)(=O)C1. The molecule has 1 N–H and O–H groups in total. The van der Waals surface area contributed by atoms with Gasteiger partial charge in [0.2, 0.25) is 0 Å². The van der Waals surface area contributed by atoms with Crippen molar-refractivity contribution < 1.29 is 27.1 Å². The monoisotopic (exact) mass is 389 g/mol. The number of amides is 1. The van der Waals surface area contributed by atoms with Gasteiger partial charge in [0.05, 0.1) is 16.5 Å². The van der Waals surface area contributed by atoms with Crippen LogP contribution in [0, 0.1) is 5.82 Å². The molecule has 9 heteroatoms. The summed E-state index contributed by atoms with van der Waals surface area (Å²) in [7, 11) is -3.11. The van der Waals surface area contributed by atoms with E-state index in [1.807, 2.05) is 0 Å². The fraction of sp³-hybridized carbons (Fsp3) is 0.375. The van der Waals surface area contributed by atoms with Gasteiger partial charge in [-0.15, -0.1) is 0 Å². The van der Waals surface area contributed by atoms with Gasteiger partial charge >= 0.3 is 5.97 Å². The average molecular weight is 390 g/mol. The van der Waals surface area contributed by atoms with Gasteiger partial charge in [0, 0.05) is 12.1 Å². The van der Waals surface area contributed by atoms with Gasteiger partial charge in [-0.1, -0.05) is 17.7 Å². The lowest BCUT2D eigenvalue weighted by Gasteiger charge is -2.15. The first kappa shape index (κ1) is 19.4. The minimum absolute atomic E-state index is 0.0368. The van der Waals surface area contributed by atoms with Crippen LogP contribution in [-0.2, 0) is 24.2 Å². The van der Waals surface area contributed by atoms with Gasteiger partial charge in [0.15, 0.2) is 15.9 Å². The third-order valence-corrected chi connectivity index (χ3v) is 5.65. The smallest absolute Gasteiger partial charge is 0.331 e. The predicted octanol–water partition coefficient (Wildman–Crippen LogP) is 1.73. The van der Waals surface area contributed by atoms with Crippen molar-refractivity contribution in [2.45, 2.75) is 25.5 Å². The number of hydrogen-bond acceptors (Lipinski definition) is 5. The first-order chi connectivity index (χ1) is 11.7. The zero-order valence-electron chi connectivity index (χ0n) is 13.4. The van der Waals surface area contributed by atoms with Crippen LogP contribution < -0.4 is 5.32 Å². The molecule has 6 nitrogen and oxygen atoms in total. The number of carbonyl (C=O) groups is 2. The summed E-state index contributed by atoms with van der Waals surface area (Å²) in [5.41, 5.74) is 0.497. The van der Waals surface area contributed by atoms with Crippen molar-refractivity contribution in [2.75, 3.05) is 11.5 Å². The molecular weight excluding hydrogens is 373 g/mol. The number of sulfone groups is 1. The summed E-state index contributed by atoms with van der Waals surface area (Å²) in [5.74, 6) is -1.96. The summed E-state index contributed by atoms with van der Waals surface area (Å²) in [6.07, 6.45) is 1.74. The molecule has 0 radical (unpaired) electrons. The van der Waals surface area contributed by atoms with E-state index in [4.69, 9.17) is 16.3 Å². The average Bonchev–Trinajstić information content (AvgIpc) is 2.87. The van der Waals surface area contributed by atoms with Crippen LogP contribution in [0.4, 0.5) is 4.39 Å². The highest BCUT2D eigenvalue weighted by molar-refractivity contribution is 7.91. The van der Waals surface area contributed by atoms with Crippen molar-refractivity contribution in [3.8, 4) is 0 Å². The topological polar surface area (TPSA) is 89.5 Å². The van der Waals surface area contributed by atoms with E-state index in [1.54, 1.807) is 0 Å². The molecule has 1 heterocycles. The number of rotatable bonds is 5. The lowest BCUT2D eigenvalue weighted by atomic mass is 10.2. The van der Waals surface area contributed by atoms with E-state index < -0.39 is 39.7 Å². The molecule has 0 spiro atoms. The normalized spacial score (nSPS) is 20.4. The quantitative estimate of drug-likeness (QED) is 0.612. The maximum atomic E-state index is 13.0. The molecule has 0 saturated carbocycles. The number of halogens is 2. The number of carbonyl (C=O) groups excluding carboxylic acids is 2. The summed E-state index contributed by atoms with van der Waals surface area (Å²) in [5, 5.41) is 2.47. The van der Waals surface area contributed by atoms with E-state index in [0.29, 0.717) is 12.0 Å². The number of nitrogens with one attached hydrogen (secondary N) is 1. The second kappa shape index (κ2) is 7.97. The molecule has 1 aliphatic heterocycles. The second-order valence-corrected chi connectivity index (χ2v) is 8.33. The number of esters is 1. The molecule has 25 heavy (non-hydrogen) atoms. The minimum Gasteiger partial charge on any atom is -0.449 e. The molecule has 2 atom stereocenters. The minimum atomic E-state index is -3.11. The Hall–Kier alpha value is -1.93. The van der Waals surface area contributed by atoms with E-state index in [2.05, 4.69) is 5.32 Å². The Bertz CT molecular complexity index is 809. The Morgan fingerprint density at radius 1 is 1.44 bits per heavy atom. The Balaban J connectivity index is 1.85. The van der Waals surface area contributed by atoms with Crippen molar-refractivity contribution in [1.29, 1.82) is 0 Å². The Labute approximate surface area is 149 Å². The molecule has 2 rings (SSSR count). The van der Waals surface area contributed by atoms with Gasteiger partial charge in [-0.2, -0.15) is 0 Å². The maximum absolute atomic E-state index is 13.0. The van der Waals surface area contributed by atoms with Crippen LogP contribution in [-0.4, -0.2) is 43.9 Å². The van der Waals surface area contributed by atoms with Gasteiger partial charge in [0.1, 0.15) is 5.82 Å². The molecular formula is C16H17ClFNO5S. The van der Waals surface area contributed by atoms with Crippen LogP contribution in [0.5, 0.6) is 0 Å². The van der Waals surface area contributed by atoms with Crippen molar-refractivity contribution in [2.24, 2.45) is 0 Å². The summed E-state index contributed by atoms with van der Waals surface area (Å²) in [6, 6.07) is 3.48. The molecule has 0 aromatic heterocycles. The van der Waals surface area contributed by atoms with Gasteiger partial charge in [-0.05, 0) is 37.1 Å². The zero-order valence-corrected chi connectivity index (χ0v) is 14.9. The lowest BCUT2D eigenvalue weighted by Crippen LogP contribution is -2.42. The Kier molecular flexibility index (Phi) is 6.18. The number of hydrogen-bond donors (Lipinski definition) is 1.